The van der Waals surface area contributed by atoms with E-state index in [-0.39, 0.29) is 11.7 Å². The molecule has 21 heavy (non-hydrogen) atoms. The van der Waals surface area contributed by atoms with Crippen LogP contribution in [0.5, 0.6) is 0 Å². The molecule has 5 nitrogen and oxygen atoms in total. The van der Waals surface area contributed by atoms with Crippen LogP contribution in [0.3, 0.4) is 0 Å². The highest BCUT2D eigenvalue weighted by molar-refractivity contribution is 9.10. The van der Waals surface area contributed by atoms with Gasteiger partial charge < -0.3 is 16.4 Å². The Morgan fingerprint density at radius 3 is 2.90 bits per heavy atom. The van der Waals surface area contributed by atoms with Crippen molar-refractivity contribution < 1.29 is 4.79 Å². The summed E-state index contributed by atoms with van der Waals surface area (Å²) in [6.45, 7) is 4.83. The minimum atomic E-state index is -0.240. The van der Waals surface area contributed by atoms with Crippen molar-refractivity contribution in [1.82, 2.24) is 4.98 Å². The van der Waals surface area contributed by atoms with Crippen LogP contribution < -0.4 is 16.4 Å². The number of carbonyl (C=O) groups is 1. The number of anilines is 3. The van der Waals surface area contributed by atoms with Crippen molar-refractivity contribution in [1.29, 1.82) is 0 Å². The van der Waals surface area contributed by atoms with Gasteiger partial charge in [0, 0.05) is 16.7 Å². The molecule has 0 unspecified atom stereocenters. The van der Waals surface area contributed by atoms with Crippen molar-refractivity contribution in [2.45, 2.75) is 20.3 Å². The molecule has 1 aromatic carbocycles. The van der Waals surface area contributed by atoms with Crippen molar-refractivity contribution >= 4 is 49.8 Å². The number of aromatic nitrogens is 1. The molecule has 0 atom stereocenters. The highest BCUT2D eigenvalue weighted by Gasteiger charge is 2.16. The van der Waals surface area contributed by atoms with Gasteiger partial charge in [0.25, 0.3) is 5.91 Å². The number of carbonyl (C=O) groups excluding carboxylic acids is 1. The third-order valence-corrected chi connectivity index (χ3v) is 4.72. The Hall–Kier alpha value is -1.60. The molecular weight excluding hydrogens is 352 g/mol. The number of benzene rings is 1. The molecule has 0 aliphatic carbocycles. The summed E-state index contributed by atoms with van der Waals surface area (Å²) in [7, 11) is 0. The summed E-state index contributed by atoms with van der Waals surface area (Å²) in [6, 6.07) is 5.63. The van der Waals surface area contributed by atoms with Gasteiger partial charge >= 0.3 is 0 Å². The Morgan fingerprint density at radius 1 is 1.48 bits per heavy atom. The van der Waals surface area contributed by atoms with Crippen LogP contribution in [0.4, 0.5) is 16.6 Å². The van der Waals surface area contributed by atoms with E-state index in [0.717, 1.165) is 28.7 Å². The molecule has 112 valence electrons. The average Bonchev–Trinajstić information content (AvgIpc) is 2.82. The first-order chi connectivity index (χ1) is 10.0. The Balaban J connectivity index is 2.12. The lowest BCUT2D eigenvalue weighted by atomic mass is 10.2. The number of hydrogen-bond donors (Lipinski definition) is 3. The topological polar surface area (TPSA) is 80.0 Å². The molecule has 1 aromatic heterocycles. The molecule has 0 fully saturated rings. The SMILES string of the molecule is CCCNc1nc(N)c(C(=O)Nc2ccc(Br)c(C)c2)s1. The predicted molar refractivity (Wildman–Crippen MR) is 92.1 cm³/mol. The second-order valence-corrected chi connectivity index (χ2v) is 6.43. The van der Waals surface area contributed by atoms with Gasteiger partial charge in [-0.05, 0) is 37.1 Å². The van der Waals surface area contributed by atoms with Gasteiger partial charge in [-0.25, -0.2) is 4.98 Å². The van der Waals surface area contributed by atoms with Gasteiger partial charge in [0.2, 0.25) is 0 Å². The van der Waals surface area contributed by atoms with Crippen molar-refractivity contribution in [3.05, 3.63) is 33.1 Å². The van der Waals surface area contributed by atoms with E-state index in [4.69, 9.17) is 5.73 Å². The number of aryl methyl sites for hydroxylation is 1. The lowest BCUT2D eigenvalue weighted by Gasteiger charge is -2.06. The number of nitrogens with one attached hydrogen (secondary N) is 2. The molecule has 2 rings (SSSR count). The van der Waals surface area contributed by atoms with Crippen LogP contribution in [0, 0.1) is 6.92 Å². The molecule has 0 aliphatic heterocycles. The van der Waals surface area contributed by atoms with Crippen LogP contribution in [0.1, 0.15) is 28.6 Å². The second kappa shape index (κ2) is 6.91. The number of thiazole rings is 1. The first-order valence-corrected chi connectivity index (χ1v) is 8.20. The molecule has 2 aromatic rings. The maximum Gasteiger partial charge on any atom is 0.269 e. The van der Waals surface area contributed by atoms with E-state index in [9.17, 15) is 4.79 Å². The van der Waals surface area contributed by atoms with Crippen LogP contribution in [-0.2, 0) is 0 Å². The number of nitrogen functional groups attached to an aromatic ring is 1. The number of amides is 1. The van der Waals surface area contributed by atoms with E-state index in [1.807, 2.05) is 25.1 Å². The summed E-state index contributed by atoms with van der Waals surface area (Å²) in [6.07, 6.45) is 0.985. The van der Waals surface area contributed by atoms with Gasteiger partial charge in [-0.15, -0.1) is 0 Å². The van der Waals surface area contributed by atoms with Crippen molar-refractivity contribution in [2.24, 2.45) is 0 Å². The minimum absolute atomic E-state index is 0.240. The fraction of sp³-hybridized carbons (Fsp3) is 0.286. The average molecular weight is 369 g/mol. The summed E-state index contributed by atoms with van der Waals surface area (Å²) in [5.74, 6) is 0.0150. The largest absolute Gasteiger partial charge is 0.382 e. The maximum atomic E-state index is 12.3. The number of nitrogens with zero attached hydrogens (tertiary/aromatic N) is 1. The highest BCUT2D eigenvalue weighted by Crippen LogP contribution is 2.26. The third-order valence-electron chi connectivity index (χ3n) is 2.80. The molecule has 0 saturated heterocycles. The zero-order valence-corrected chi connectivity index (χ0v) is 14.3. The smallest absolute Gasteiger partial charge is 0.269 e. The Morgan fingerprint density at radius 2 is 2.24 bits per heavy atom. The normalized spacial score (nSPS) is 10.4. The number of halogens is 1. The highest BCUT2D eigenvalue weighted by atomic mass is 79.9. The standard InChI is InChI=1S/C14H17BrN4OS/c1-3-6-17-14-19-12(16)11(21-14)13(20)18-9-4-5-10(15)8(2)7-9/h4-5,7H,3,6,16H2,1-2H3,(H,17,19)(H,18,20). The molecule has 0 spiro atoms. The van der Waals surface area contributed by atoms with E-state index in [1.54, 1.807) is 0 Å². The molecule has 0 saturated carbocycles. The monoisotopic (exact) mass is 368 g/mol. The number of hydrogen-bond acceptors (Lipinski definition) is 5. The first kappa shape index (κ1) is 15.8. The van der Waals surface area contributed by atoms with Gasteiger partial charge in [0.05, 0.1) is 0 Å². The summed E-state index contributed by atoms with van der Waals surface area (Å²) >= 11 is 4.70. The molecule has 0 radical (unpaired) electrons. The van der Waals surface area contributed by atoms with Gasteiger partial charge in [-0.1, -0.05) is 34.2 Å². The van der Waals surface area contributed by atoms with E-state index in [1.165, 1.54) is 11.3 Å². The number of rotatable bonds is 5. The molecule has 1 amide bonds. The second-order valence-electron chi connectivity index (χ2n) is 4.58. The molecular formula is C14H17BrN4OS. The zero-order valence-electron chi connectivity index (χ0n) is 11.9. The first-order valence-electron chi connectivity index (χ1n) is 6.59. The molecule has 7 heteroatoms. The number of nitrogens with two attached hydrogens (primary N) is 1. The summed E-state index contributed by atoms with van der Waals surface area (Å²) in [4.78, 5) is 16.8. The van der Waals surface area contributed by atoms with E-state index >= 15 is 0 Å². The lowest BCUT2D eigenvalue weighted by Crippen LogP contribution is -2.12. The van der Waals surface area contributed by atoms with Gasteiger partial charge in [-0.2, -0.15) is 0 Å². The van der Waals surface area contributed by atoms with Gasteiger partial charge in [0.15, 0.2) is 5.13 Å². The predicted octanol–water partition coefficient (Wildman–Crippen LogP) is 3.87. The summed E-state index contributed by atoms with van der Waals surface area (Å²) < 4.78 is 1.00. The van der Waals surface area contributed by atoms with Crippen molar-refractivity contribution in [3.8, 4) is 0 Å². The van der Waals surface area contributed by atoms with Gasteiger partial charge in [-0.3, -0.25) is 4.79 Å². The minimum Gasteiger partial charge on any atom is -0.382 e. The zero-order chi connectivity index (χ0) is 15.4. The quantitative estimate of drug-likeness (QED) is 0.748. The van der Waals surface area contributed by atoms with E-state index < -0.39 is 0 Å². The Kier molecular flexibility index (Phi) is 5.19. The molecule has 4 N–H and O–H groups in total. The lowest BCUT2D eigenvalue weighted by molar-refractivity contribution is 0.103. The summed E-state index contributed by atoms with van der Waals surface area (Å²) in [5, 5.41) is 6.64. The van der Waals surface area contributed by atoms with Crippen LogP contribution in [0.15, 0.2) is 22.7 Å². The Bertz CT molecular complexity index is 656. The Labute approximate surface area is 136 Å². The van der Waals surface area contributed by atoms with Crippen LogP contribution in [0.2, 0.25) is 0 Å². The summed E-state index contributed by atoms with van der Waals surface area (Å²) in [5.41, 5.74) is 7.60. The van der Waals surface area contributed by atoms with Gasteiger partial charge in [0.1, 0.15) is 10.7 Å². The fourth-order valence-electron chi connectivity index (χ4n) is 1.71. The molecule has 0 aliphatic rings. The van der Waals surface area contributed by atoms with Crippen LogP contribution in [0.25, 0.3) is 0 Å². The fourth-order valence-corrected chi connectivity index (χ4v) is 2.76. The maximum absolute atomic E-state index is 12.3. The third kappa shape index (κ3) is 3.95. The van der Waals surface area contributed by atoms with Crippen molar-refractivity contribution in [3.63, 3.8) is 0 Å². The van der Waals surface area contributed by atoms with E-state index in [0.29, 0.717) is 10.0 Å². The molecule has 0 bridgehead atoms. The molecule has 1 heterocycles. The van der Waals surface area contributed by atoms with Crippen molar-refractivity contribution in [2.75, 3.05) is 22.9 Å². The van der Waals surface area contributed by atoms with Crippen LogP contribution >= 0.6 is 27.3 Å². The van der Waals surface area contributed by atoms with E-state index in [2.05, 4.69) is 38.5 Å². The van der Waals surface area contributed by atoms with Crippen LogP contribution in [-0.4, -0.2) is 17.4 Å².